The molecule has 0 amide bonds. The Kier molecular flexibility index (Phi) is 8.46. The highest BCUT2D eigenvalue weighted by Crippen LogP contribution is 2.38. The zero-order valence-corrected chi connectivity index (χ0v) is 16.0. The first-order valence-corrected chi connectivity index (χ1v) is 8.95. The summed E-state index contributed by atoms with van der Waals surface area (Å²) in [6.45, 7) is 17.5. The summed E-state index contributed by atoms with van der Waals surface area (Å²) in [6, 6.07) is 8.87. The van der Waals surface area contributed by atoms with Gasteiger partial charge in [-0.1, -0.05) is 67.5 Å². The molecular formula is C21H35N. The van der Waals surface area contributed by atoms with Crippen LogP contribution in [-0.4, -0.2) is 0 Å². The number of nitriles is 1. The molecule has 1 aromatic carbocycles. The van der Waals surface area contributed by atoms with E-state index in [1.807, 2.05) is 19.9 Å². The van der Waals surface area contributed by atoms with Crippen LogP contribution in [0.15, 0.2) is 18.2 Å². The van der Waals surface area contributed by atoms with E-state index < -0.39 is 0 Å². The minimum absolute atomic E-state index is 0.101. The number of benzene rings is 1. The van der Waals surface area contributed by atoms with Crippen molar-refractivity contribution >= 4 is 0 Å². The molecule has 124 valence electrons. The molecule has 0 aliphatic rings. The van der Waals surface area contributed by atoms with Crippen LogP contribution in [0.2, 0.25) is 0 Å². The Bertz CT molecular complexity index is 485. The van der Waals surface area contributed by atoms with E-state index in [4.69, 9.17) is 0 Å². The number of hydrogen-bond donors (Lipinski definition) is 0. The minimum Gasteiger partial charge on any atom is -0.192 e. The molecule has 0 spiro atoms. The van der Waals surface area contributed by atoms with Gasteiger partial charge in [0, 0.05) is 0 Å². The second-order valence-corrected chi connectivity index (χ2v) is 6.41. The van der Waals surface area contributed by atoms with Gasteiger partial charge in [0.2, 0.25) is 0 Å². The van der Waals surface area contributed by atoms with Gasteiger partial charge in [0.1, 0.15) is 0 Å². The first-order chi connectivity index (χ1) is 10.4. The van der Waals surface area contributed by atoms with Gasteiger partial charge >= 0.3 is 0 Å². The maximum absolute atomic E-state index is 9.43. The monoisotopic (exact) mass is 301 g/mol. The highest BCUT2D eigenvalue weighted by molar-refractivity contribution is 5.46. The van der Waals surface area contributed by atoms with E-state index in [-0.39, 0.29) is 10.8 Å². The molecule has 0 aromatic heterocycles. The van der Waals surface area contributed by atoms with Crippen LogP contribution in [0.1, 0.15) is 97.8 Å². The van der Waals surface area contributed by atoms with Crippen molar-refractivity contribution in [1.82, 2.24) is 0 Å². The SMILES string of the molecule is CC.CCC(C)(CC)c1ccc(C#N)c(C(C)(CC)CC)c1. The second-order valence-electron chi connectivity index (χ2n) is 6.41. The van der Waals surface area contributed by atoms with Crippen LogP contribution in [0.25, 0.3) is 0 Å². The molecule has 0 saturated carbocycles. The van der Waals surface area contributed by atoms with Crippen LogP contribution >= 0.6 is 0 Å². The maximum Gasteiger partial charge on any atom is 0.0994 e. The summed E-state index contributed by atoms with van der Waals surface area (Å²) in [5.74, 6) is 0. The van der Waals surface area contributed by atoms with E-state index in [1.54, 1.807) is 0 Å². The van der Waals surface area contributed by atoms with Crippen LogP contribution in [0.5, 0.6) is 0 Å². The van der Waals surface area contributed by atoms with Crippen molar-refractivity contribution < 1.29 is 0 Å². The molecule has 0 fully saturated rings. The van der Waals surface area contributed by atoms with Crippen LogP contribution in [0.4, 0.5) is 0 Å². The zero-order valence-electron chi connectivity index (χ0n) is 16.0. The van der Waals surface area contributed by atoms with Gasteiger partial charge in [-0.15, -0.1) is 0 Å². The fraction of sp³-hybridized carbons (Fsp3) is 0.667. The van der Waals surface area contributed by atoms with Crippen molar-refractivity contribution in [2.45, 2.75) is 91.9 Å². The summed E-state index contributed by atoms with van der Waals surface area (Å²) < 4.78 is 0. The van der Waals surface area contributed by atoms with Crippen molar-refractivity contribution in [2.75, 3.05) is 0 Å². The maximum atomic E-state index is 9.43. The lowest BCUT2D eigenvalue weighted by atomic mass is 9.71. The molecule has 0 saturated heterocycles. The van der Waals surface area contributed by atoms with Gasteiger partial charge in [0.15, 0.2) is 0 Å². The molecule has 0 N–H and O–H groups in total. The molecule has 1 nitrogen and oxygen atoms in total. The average Bonchev–Trinajstić information content (AvgIpc) is 2.61. The molecule has 0 aliphatic carbocycles. The van der Waals surface area contributed by atoms with E-state index in [0.29, 0.717) is 0 Å². The third-order valence-corrected chi connectivity index (χ3v) is 5.61. The standard InChI is InChI=1S/C19H29N.C2H6/c1-7-18(5,8-2)16-12-11-15(14-20)17(13-16)19(6,9-3)10-4;1-2/h11-13H,7-10H2,1-6H3;1-2H3. The van der Waals surface area contributed by atoms with E-state index in [0.717, 1.165) is 31.2 Å². The van der Waals surface area contributed by atoms with Crippen molar-refractivity contribution in [3.05, 3.63) is 34.9 Å². The smallest absolute Gasteiger partial charge is 0.0994 e. The van der Waals surface area contributed by atoms with E-state index in [1.165, 1.54) is 11.1 Å². The second kappa shape index (κ2) is 8.99. The largest absolute Gasteiger partial charge is 0.192 e. The summed E-state index contributed by atoms with van der Waals surface area (Å²) in [4.78, 5) is 0. The van der Waals surface area contributed by atoms with Gasteiger partial charge in [-0.2, -0.15) is 5.26 Å². The van der Waals surface area contributed by atoms with Crippen molar-refractivity contribution in [3.8, 4) is 6.07 Å². The van der Waals surface area contributed by atoms with Gasteiger partial charge in [0.25, 0.3) is 0 Å². The van der Waals surface area contributed by atoms with Crippen molar-refractivity contribution in [3.63, 3.8) is 0 Å². The van der Waals surface area contributed by atoms with E-state index in [9.17, 15) is 5.26 Å². The first-order valence-electron chi connectivity index (χ1n) is 8.95. The predicted molar refractivity (Wildman–Crippen MR) is 98.4 cm³/mol. The van der Waals surface area contributed by atoms with Gasteiger partial charge in [-0.05, 0) is 53.7 Å². The molecule has 0 heterocycles. The number of hydrogen-bond acceptors (Lipinski definition) is 1. The van der Waals surface area contributed by atoms with Crippen LogP contribution in [0.3, 0.4) is 0 Å². The summed E-state index contributed by atoms with van der Waals surface area (Å²) in [5.41, 5.74) is 3.77. The normalized spacial score (nSPS) is 11.4. The summed E-state index contributed by atoms with van der Waals surface area (Å²) in [7, 11) is 0. The van der Waals surface area contributed by atoms with Crippen molar-refractivity contribution in [2.24, 2.45) is 0 Å². The molecule has 0 radical (unpaired) electrons. The molecule has 1 heteroatoms. The lowest BCUT2D eigenvalue weighted by Gasteiger charge is -2.33. The quantitative estimate of drug-likeness (QED) is 0.570. The van der Waals surface area contributed by atoms with Gasteiger partial charge < -0.3 is 0 Å². The molecule has 1 rings (SSSR count). The summed E-state index contributed by atoms with van der Waals surface area (Å²) in [6.07, 6.45) is 4.39. The fourth-order valence-electron chi connectivity index (χ4n) is 2.81. The topological polar surface area (TPSA) is 23.8 Å². The molecule has 1 aromatic rings. The number of rotatable bonds is 6. The highest BCUT2D eigenvalue weighted by atomic mass is 14.3. The predicted octanol–water partition coefficient (Wildman–Crippen LogP) is 6.74. The Morgan fingerprint density at radius 2 is 1.32 bits per heavy atom. The van der Waals surface area contributed by atoms with Crippen LogP contribution in [0, 0.1) is 11.3 Å². The average molecular weight is 302 g/mol. The molecular weight excluding hydrogens is 266 g/mol. The molecule has 0 bridgehead atoms. The molecule has 22 heavy (non-hydrogen) atoms. The summed E-state index contributed by atoms with van der Waals surface area (Å²) in [5, 5.41) is 9.43. The third kappa shape index (κ3) is 4.13. The van der Waals surface area contributed by atoms with Crippen LogP contribution in [-0.2, 0) is 10.8 Å². The highest BCUT2D eigenvalue weighted by Gasteiger charge is 2.29. The Hall–Kier alpha value is -1.29. The third-order valence-electron chi connectivity index (χ3n) is 5.61. The first kappa shape index (κ1) is 20.7. The molecule has 0 aliphatic heterocycles. The lowest BCUT2D eigenvalue weighted by molar-refractivity contribution is 0.423. The fourth-order valence-corrected chi connectivity index (χ4v) is 2.81. The van der Waals surface area contributed by atoms with Crippen molar-refractivity contribution in [1.29, 1.82) is 5.26 Å². The van der Waals surface area contributed by atoms with Gasteiger partial charge in [0.05, 0.1) is 11.6 Å². The van der Waals surface area contributed by atoms with Crippen LogP contribution < -0.4 is 0 Å². The lowest BCUT2D eigenvalue weighted by Crippen LogP contribution is -2.24. The minimum atomic E-state index is 0.101. The Morgan fingerprint density at radius 3 is 1.68 bits per heavy atom. The Balaban J connectivity index is 0.00000211. The van der Waals surface area contributed by atoms with Gasteiger partial charge in [-0.25, -0.2) is 0 Å². The molecule has 0 atom stereocenters. The van der Waals surface area contributed by atoms with E-state index in [2.05, 4.69) is 59.7 Å². The molecule has 0 unspecified atom stereocenters. The summed E-state index contributed by atoms with van der Waals surface area (Å²) >= 11 is 0. The Labute approximate surface area is 138 Å². The van der Waals surface area contributed by atoms with E-state index >= 15 is 0 Å². The van der Waals surface area contributed by atoms with Gasteiger partial charge in [-0.3, -0.25) is 0 Å². The number of nitrogens with zero attached hydrogens (tertiary/aromatic N) is 1. The zero-order chi connectivity index (χ0) is 17.4. The Morgan fingerprint density at radius 1 is 0.864 bits per heavy atom.